The van der Waals surface area contributed by atoms with Crippen LogP contribution in [0.3, 0.4) is 0 Å². The van der Waals surface area contributed by atoms with E-state index in [4.69, 9.17) is 4.74 Å². The summed E-state index contributed by atoms with van der Waals surface area (Å²) in [6.45, 7) is 2.08. The number of nitro benzene ring substituents is 1. The number of aromatic nitrogens is 1. The Labute approximate surface area is 162 Å². The van der Waals surface area contributed by atoms with Crippen LogP contribution in [-0.2, 0) is 11.3 Å². The topological polar surface area (TPSA) is 85.6 Å². The van der Waals surface area contributed by atoms with E-state index in [-0.39, 0.29) is 24.0 Å². The van der Waals surface area contributed by atoms with Crippen molar-refractivity contribution in [1.29, 1.82) is 0 Å². The molecule has 3 rings (SSSR count). The number of amides is 1. The van der Waals surface area contributed by atoms with Crippen LogP contribution in [0.25, 0.3) is 0 Å². The zero-order valence-electron chi connectivity index (χ0n) is 15.3. The van der Waals surface area contributed by atoms with E-state index >= 15 is 0 Å². The standard InChI is InChI=1S/C21H19N3O4/c1-16-8-10-17(11-9-16)14-23(20-7-2-3-12-22-20)21(25)15-28-19-6-4-5-18(13-19)24(26)27/h2-13H,14-15H2,1H3. The van der Waals surface area contributed by atoms with Gasteiger partial charge < -0.3 is 4.74 Å². The molecule has 0 aliphatic rings. The number of pyridine rings is 1. The number of anilines is 1. The number of nitro groups is 1. The molecule has 0 aliphatic heterocycles. The van der Waals surface area contributed by atoms with E-state index in [2.05, 4.69) is 4.98 Å². The molecule has 0 atom stereocenters. The monoisotopic (exact) mass is 377 g/mol. The minimum absolute atomic E-state index is 0.0915. The SMILES string of the molecule is Cc1ccc(CN(C(=O)COc2cccc([N+](=O)[O-])c2)c2ccccn2)cc1. The van der Waals surface area contributed by atoms with Gasteiger partial charge in [-0.3, -0.25) is 19.8 Å². The predicted molar refractivity (Wildman–Crippen MR) is 105 cm³/mol. The first-order chi connectivity index (χ1) is 13.5. The molecular weight excluding hydrogens is 358 g/mol. The van der Waals surface area contributed by atoms with E-state index < -0.39 is 4.92 Å². The number of carbonyl (C=O) groups excluding carboxylic acids is 1. The largest absolute Gasteiger partial charge is 0.483 e. The highest BCUT2D eigenvalue weighted by molar-refractivity contribution is 5.93. The van der Waals surface area contributed by atoms with Gasteiger partial charge in [0.2, 0.25) is 0 Å². The second-order valence-corrected chi connectivity index (χ2v) is 6.20. The normalized spacial score (nSPS) is 10.3. The number of ether oxygens (including phenoxy) is 1. The van der Waals surface area contributed by atoms with E-state index in [9.17, 15) is 14.9 Å². The van der Waals surface area contributed by atoms with Gasteiger partial charge in [-0.15, -0.1) is 0 Å². The fourth-order valence-corrected chi connectivity index (χ4v) is 2.60. The minimum atomic E-state index is -0.508. The fraction of sp³-hybridized carbons (Fsp3) is 0.143. The molecule has 1 aromatic heterocycles. The summed E-state index contributed by atoms with van der Waals surface area (Å²) in [5.74, 6) is 0.473. The van der Waals surface area contributed by atoms with E-state index in [0.29, 0.717) is 12.4 Å². The van der Waals surface area contributed by atoms with Crippen molar-refractivity contribution < 1.29 is 14.5 Å². The van der Waals surface area contributed by atoms with Gasteiger partial charge in [-0.1, -0.05) is 42.0 Å². The van der Waals surface area contributed by atoms with Gasteiger partial charge in [-0.05, 0) is 30.7 Å². The van der Waals surface area contributed by atoms with E-state index in [1.165, 1.54) is 23.1 Å². The highest BCUT2D eigenvalue weighted by Crippen LogP contribution is 2.20. The molecule has 0 spiro atoms. The van der Waals surface area contributed by atoms with Gasteiger partial charge in [0, 0.05) is 12.3 Å². The molecule has 0 saturated carbocycles. The lowest BCUT2D eigenvalue weighted by Crippen LogP contribution is -2.35. The van der Waals surface area contributed by atoms with Crippen molar-refractivity contribution in [1.82, 2.24) is 4.98 Å². The predicted octanol–water partition coefficient (Wildman–Crippen LogP) is 3.91. The van der Waals surface area contributed by atoms with Gasteiger partial charge in [-0.25, -0.2) is 4.98 Å². The van der Waals surface area contributed by atoms with Crippen LogP contribution in [0.5, 0.6) is 5.75 Å². The number of hydrogen-bond acceptors (Lipinski definition) is 5. The number of nitrogens with zero attached hydrogens (tertiary/aromatic N) is 3. The van der Waals surface area contributed by atoms with Gasteiger partial charge in [-0.2, -0.15) is 0 Å². The number of non-ortho nitro benzene ring substituents is 1. The average molecular weight is 377 g/mol. The molecule has 1 heterocycles. The highest BCUT2D eigenvalue weighted by Gasteiger charge is 2.18. The van der Waals surface area contributed by atoms with Crippen LogP contribution in [0.1, 0.15) is 11.1 Å². The Morgan fingerprint density at radius 2 is 1.89 bits per heavy atom. The molecular formula is C21H19N3O4. The van der Waals surface area contributed by atoms with Crippen molar-refractivity contribution >= 4 is 17.4 Å². The first kappa shape index (κ1) is 19.0. The molecule has 142 valence electrons. The lowest BCUT2D eigenvalue weighted by atomic mass is 10.1. The Hall–Kier alpha value is -3.74. The number of rotatable bonds is 7. The lowest BCUT2D eigenvalue weighted by molar-refractivity contribution is -0.384. The third-order valence-corrected chi connectivity index (χ3v) is 4.08. The van der Waals surface area contributed by atoms with Crippen LogP contribution in [0.15, 0.2) is 72.9 Å². The molecule has 7 nitrogen and oxygen atoms in total. The Balaban J connectivity index is 1.76. The smallest absolute Gasteiger partial charge is 0.273 e. The van der Waals surface area contributed by atoms with Gasteiger partial charge in [0.25, 0.3) is 11.6 Å². The first-order valence-corrected chi connectivity index (χ1v) is 8.67. The van der Waals surface area contributed by atoms with Crippen LogP contribution in [0.4, 0.5) is 11.5 Å². The van der Waals surface area contributed by atoms with Gasteiger partial charge in [0.15, 0.2) is 6.61 Å². The van der Waals surface area contributed by atoms with Crippen LogP contribution < -0.4 is 9.64 Å². The van der Waals surface area contributed by atoms with Crippen molar-refractivity contribution in [2.24, 2.45) is 0 Å². The maximum Gasteiger partial charge on any atom is 0.273 e. The number of aryl methyl sites for hydroxylation is 1. The second-order valence-electron chi connectivity index (χ2n) is 6.20. The molecule has 3 aromatic rings. The highest BCUT2D eigenvalue weighted by atomic mass is 16.6. The Kier molecular flexibility index (Phi) is 5.96. The van der Waals surface area contributed by atoms with Crippen molar-refractivity contribution in [2.45, 2.75) is 13.5 Å². The Morgan fingerprint density at radius 1 is 1.11 bits per heavy atom. The van der Waals surface area contributed by atoms with Crippen LogP contribution in [0, 0.1) is 17.0 Å². The summed E-state index contributed by atoms with van der Waals surface area (Å²) in [5.41, 5.74) is 2.00. The van der Waals surface area contributed by atoms with E-state index in [1.807, 2.05) is 31.2 Å². The number of hydrogen-bond donors (Lipinski definition) is 0. The third-order valence-electron chi connectivity index (χ3n) is 4.08. The summed E-state index contributed by atoms with van der Waals surface area (Å²) in [5, 5.41) is 10.9. The quantitative estimate of drug-likeness (QED) is 0.460. The maximum absolute atomic E-state index is 12.8. The van der Waals surface area contributed by atoms with Crippen LogP contribution in [0.2, 0.25) is 0 Å². The summed E-state index contributed by atoms with van der Waals surface area (Å²) >= 11 is 0. The molecule has 0 radical (unpaired) electrons. The van der Waals surface area contributed by atoms with Crippen LogP contribution >= 0.6 is 0 Å². The first-order valence-electron chi connectivity index (χ1n) is 8.67. The molecule has 0 N–H and O–H groups in total. The summed E-state index contributed by atoms with van der Waals surface area (Å²) in [6, 6.07) is 19.0. The van der Waals surface area contributed by atoms with E-state index in [1.54, 1.807) is 30.5 Å². The third kappa shape index (κ3) is 4.91. The summed E-state index contributed by atoms with van der Waals surface area (Å²) < 4.78 is 5.49. The second kappa shape index (κ2) is 8.77. The fourth-order valence-electron chi connectivity index (χ4n) is 2.60. The van der Waals surface area contributed by atoms with Crippen molar-refractivity contribution in [3.8, 4) is 5.75 Å². The number of carbonyl (C=O) groups is 1. The average Bonchev–Trinajstić information content (AvgIpc) is 2.72. The molecule has 7 heteroatoms. The van der Waals surface area contributed by atoms with E-state index in [0.717, 1.165) is 11.1 Å². The zero-order valence-corrected chi connectivity index (χ0v) is 15.3. The van der Waals surface area contributed by atoms with Gasteiger partial charge >= 0.3 is 0 Å². The summed E-state index contributed by atoms with van der Waals surface area (Å²) in [7, 11) is 0. The Morgan fingerprint density at radius 3 is 2.57 bits per heavy atom. The Bertz CT molecular complexity index is 959. The molecule has 0 saturated heterocycles. The molecule has 0 bridgehead atoms. The van der Waals surface area contributed by atoms with Crippen LogP contribution in [-0.4, -0.2) is 22.4 Å². The van der Waals surface area contributed by atoms with Crippen molar-refractivity contribution in [3.63, 3.8) is 0 Å². The molecule has 28 heavy (non-hydrogen) atoms. The minimum Gasteiger partial charge on any atom is -0.483 e. The molecule has 0 aliphatic carbocycles. The lowest BCUT2D eigenvalue weighted by Gasteiger charge is -2.22. The molecule has 1 amide bonds. The molecule has 2 aromatic carbocycles. The van der Waals surface area contributed by atoms with Crippen molar-refractivity contribution in [3.05, 3.63) is 94.2 Å². The van der Waals surface area contributed by atoms with Gasteiger partial charge in [0.1, 0.15) is 11.6 Å². The molecule has 0 unspecified atom stereocenters. The maximum atomic E-state index is 12.8. The number of benzene rings is 2. The summed E-state index contributed by atoms with van der Waals surface area (Å²) in [6.07, 6.45) is 1.62. The summed E-state index contributed by atoms with van der Waals surface area (Å²) in [4.78, 5) is 29.0. The van der Waals surface area contributed by atoms with Crippen molar-refractivity contribution in [2.75, 3.05) is 11.5 Å². The van der Waals surface area contributed by atoms with Gasteiger partial charge in [0.05, 0.1) is 17.5 Å². The molecule has 0 fully saturated rings. The zero-order chi connectivity index (χ0) is 19.9.